The van der Waals surface area contributed by atoms with Crippen LogP contribution in [0.25, 0.3) is 0 Å². The van der Waals surface area contributed by atoms with Gasteiger partial charge in [-0.1, -0.05) is 0 Å². The third-order valence-electron chi connectivity index (χ3n) is 1.97. The minimum absolute atomic E-state index is 0.272. The lowest BCUT2D eigenvalue weighted by molar-refractivity contribution is 0.286. The molecule has 2 N–H and O–H groups in total. The van der Waals surface area contributed by atoms with Crippen LogP contribution in [0.3, 0.4) is 0 Å². The van der Waals surface area contributed by atoms with Gasteiger partial charge < -0.3 is 10.4 Å². The molecule has 0 aliphatic rings. The van der Waals surface area contributed by atoms with Crippen LogP contribution in [-0.2, 0) is 6.54 Å². The van der Waals surface area contributed by atoms with Gasteiger partial charge in [0, 0.05) is 22.9 Å². The molecule has 0 radical (unpaired) electrons. The highest BCUT2D eigenvalue weighted by molar-refractivity contribution is 7.12. The largest absolute Gasteiger partial charge is 0.396 e. The van der Waals surface area contributed by atoms with Crippen molar-refractivity contribution in [1.82, 2.24) is 5.32 Å². The van der Waals surface area contributed by atoms with Crippen molar-refractivity contribution < 1.29 is 5.11 Å². The molecular formula is C10H17NOS. The first-order valence-electron chi connectivity index (χ1n) is 4.61. The van der Waals surface area contributed by atoms with Gasteiger partial charge in [-0.25, -0.2) is 0 Å². The zero-order valence-electron chi connectivity index (χ0n) is 8.26. The van der Waals surface area contributed by atoms with Crippen LogP contribution < -0.4 is 5.32 Å². The van der Waals surface area contributed by atoms with Crippen LogP contribution in [0, 0.1) is 13.8 Å². The highest BCUT2D eigenvalue weighted by Gasteiger charge is 2.01. The van der Waals surface area contributed by atoms with Crippen molar-refractivity contribution in [2.24, 2.45) is 0 Å². The summed E-state index contributed by atoms with van der Waals surface area (Å²) in [5, 5.41) is 11.9. The van der Waals surface area contributed by atoms with Gasteiger partial charge in [-0.3, -0.25) is 0 Å². The van der Waals surface area contributed by atoms with E-state index in [0.717, 1.165) is 19.5 Å². The van der Waals surface area contributed by atoms with Crippen molar-refractivity contribution in [1.29, 1.82) is 0 Å². The zero-order valence-corrected chi connectivity index (χ0v) is 9.08. The first-order chi connectivity index (χ1) is 6.24. The van der Waals surface area contributed by atoms with Crippen LogP contribution in [0.1, 0.15) is 21.7 Å². The fourth-order valence-electron chi connectivity index (χ4n) is 1.29. The van der Waals surface area contributed by atoms with Gasteiger partial charge in [-0.2, -0.15) is 0 Å². The molecule has 0 unspecified atom stereocenters. The molecule has 1 aromatic heterocycles. The molecule has 1 aromatic rings. The van der Waals surface area contributed by atoms with Gasteiger partial charge in [0.15, 0.2) is 0 Å². The predicted molar refractivity (Wildman–Crippen MR) is 57.2 cm³/mol. The number of rotatable bonds is 5. The smallest absolute Gasteiger partial charge is 0.0443 e. The number of aryl methyl sites for hydroxylation is 2. The molecule has 3 heteroatoms. The number of nitrogens with one attached hydrogen (secondary N) is 1. The molecule has 0 aliphatic heterocycles. The highest BCUT2D eigenvalue weighted by Crippen LogP contribution is 2.19. The molecule has 1 rings (SSSR count). The molecule has 13 heavy (non-hydrogen) atoms. The van der Waals surface area contributed by atoms with Crippen LogP contribution in [0.15, 0.2) is 6.07 Å². The molecule has 74 valence electrons. The molecule has 0 bridgehead atoms. The number of thiophene rings is 1. The Morgan fingerprint density at radius 3 is 2.77 bits per heavy atom. The Bertz CT molecular complexity index is 257. The average molecular weight is 199 g/mol. The second-order valence-electron chi connectivity index (χ2n) is 3.19. The Hall–Kier alpha value is -0.380. The van der Waals surface area contributed by atoms with Crippen LogP contribution in [0.4, 0.5) is 0 Å². The van der Waals surface area contributed by atoms with E-state index in [1.165, 1.54) is 15.3 Å². The zero-order chi connectivity index (χ0) is 9.68. The van der Waals surface area contributed by atoms with Crippen molar-refractivity contribution >= 4 is 11.3 Å². The maximum atomic E-state index is 8.58. The molecule has 0 aromatic carbocycles. The maximum Gasteiger partial charge on any atom is 0.0443 e. The molecule has 0 saturated heterocycles. The van der Waals surface area contributed by atoms with Crippen molar-refractivity contribution in [2.45, 2.75) is 26.8 Å². The Kier molecular flexibility index (Phi) is 4.42. The molecule has 1 heterocycles. The summed E-state index contributed by atoms with van der Waals surface area (Å²) in [6, 6.07) is 2.23. The number of hydrogen-bond donors (Lipinski definition) is 2. The van der Waals surface area contributed by atoms with Gasteiger partial charge >= 0.3 is 0 Å². The van der Waals surface area contributed by atoms with E-state index < -0.39 is 0 Å². The fourth-order valence-corrected chi connectivity index (χ4v) is 2.23. The lowest BCUT2D eigenvalue weighted by Gasteiger charge is -2.02. The molecule has 0 atom stereocenters. The predicted octanol–water partition coefficient (Wildman–Crippen LogP) is 1.84. The summed E-state index contributed by atoms with van der Waals surface area (Å²) in [6.07, 6.45) is 0.835. The van der Waals surface area contributed by atoms with E-state index in [4.69, 9.17) is 5.11 Å². The summed E-state index contributed by atoms with van der Waals surface area (Å²) in [4.78, 5) is 2.77. The quantitative estimate of drug-likeness (QED) is 0.709. The maximum absolute atomic E-state index is 8.58. The molecule has 0 amide bonds. The third-order valence-corrected chi connectivity index (χ3v) is 2.98. The second-order valence-corrected chi connectivity index (χ2v) is 4.65. The molecule has 0 spiro atoms. The van der Waals surface area contributed by atoms with Gasteiger partial charge in [-0.15, -0.1) is 11.3 Å². The van der Waals surface area contributed by atoms with Crippen LogP contribution in [-0.4, -0.2) is 18.3 Å². The van der Waals surface area contributed by atoms with Crippen molar-refractivity contribution in [3.05, 3.63) is 21.4 Å². The summed E-state index contributed by atoms with van der Waals surface area (Å²) in [7, 11) is 0. The minimum atomic E-state index is 0.272. The fraction of sp³-hybridized carbons (Fsp3) is 0.600. The minimum Gasteiger partial charge on any atom is -0.396 e. The van der Waals surface area contributed by atoms with Gasteiger partial charge in [0.05, 0.1) is 0 Å². The monoisotopic (exact) mass is 199 g/mol. The molecule has 0 fully saturated rings. The van der Waals surface area contributed by atoms with Crippen molar-refractivity contribution in [3.63, 3.8) is 0 Å². The topological polar surface area (TPSA) is 32.3 Å². The Balaban J connectivity index is 2.32. The molecular weight excluding hydrogens is 182 g/mol. The summed E-state index contributed by atoms with van der Waals surface area (Å²) in [6.45, 7) is 6.38. The SMILES string of the molecule is Cc1cc(CNCCCO)c(C)s1. The first kappa shape index (κ1) is 10.7. The lowest BCUT2D eigenvalue weighted by Crippen LogP contribution is -2.15. The first-order valence-corrected chi connectivity index (χ1v) is 5.43. The van der Waals surface area contributed by atoms with E-state index in [0.29, 0.717) is 0 Å². The summed E-state index contributed by atoms with van der Waals surface area (Å²) in [5.41, 5.74) is 1.39. The molecule has 2 nitrogen and oxygen atoms in total. The normalized spacial score (nSPS) is 10.7. The van der Waals surface area contributed by atoms with Gasteiger partial charge in [0.1, 0.15) is 0 Å². The highest BCUT2D eigenvalue weighted by atomic mass is 32.1. The summed E-state index contributed by atoms with van der Waals surface area (Å²) >= 11 is 1.84. The molecule has 0 aliphatic carbocycles. The van der Waals surface area contributed by atoms with E-state index >= 15 is 0 Å². The Morgan fingerprint density at radius 1 is 1.46 bits per heavy atom. The van der Waals surface area contributed by atoms with Gasteiger partial charge in [0.2, 0.25) is 0 Å². The van der Waals surface area contributed by atoms with E-state index in [1.54, 1.807) is 0 Å². The number of hydrogen-bond acceptors (Lipinski definition) is 3. The second kappa shape index (κ2) is 5.37. The Labute approximate surface area is 83.6 Å². The van der Waals surface area contributed by atoms with E-state index in [2.05, 4.69) is 25.2 Å². The van der Waals surface area contributed by atoms with Crippen LogP contribution in [0.2, 0.25) is 0 Å². The molecule has 0 saturated carbocycles. The van der Waals surface area contributed by atoms with Gasteiger partial charge in [0.25, 0.3) is 0 Å². The summed E-state index contributed by atoms with van der Waals surface area (Å²) in [5.74, 6) is 0. The summed E-state index contributed by atoms with van der Waals surface area (Å²) < 4.78 is 0. The average Bonchev–Trinajstić information content (AvgIpc) is 2.39. The van der Waals surface area contributed by atoms with E-state index in [1.807, 2.05) is 11.3 Å². The van der Waals surface area contributed by atoms with E-state index in [-0.39, 0.29) is 6.61 Å². The van der Waals surface area contributed by atoms with Crippen molar-refractivity contribution in [3.8, 4) is 0 Å². The lowest BCUT2D eigenvalue weighted by atomic mass is 10.2. The third kappa shape index (κ3) is 3.46. The Morgan fingerprint density at radius 2 is 2.23 bits per heavy atom. The van der Waals surface area contributed by atoms with Crippen molar-refractivity contribution in [2.75, 3.05) is 13.2 Å². The van der Waals surface area contributed by atoms with Crippen LogP contribution in [0.5, 0.6) is 0 Å². The van der Waals surface area contributed by atoms with E-state index in [9.17, 15) is 0 Å². The van der Waals surface area contributed by atoms with Crippen LogP contribution >= 0.6 is 11.3 Å². The van der Waals surface area contributed by atoms with Gasteiger partial charge in [-0.05, 0) is 38.4 Å². The number of aliphatic hydroxyl groups excluding tert-OH is 1. The number of aliphatic hydroxyl groups is 1. The standard InChI is InChI=1S/C10H17NOS/c1-8-6-10(9(2)13-8)7-11-4-3-5-12/h6,11-12H,3-5,7H2,1-2H3.